The summed E-state index contributed by atoms with van der Waals surface area (Å²) >= 11 is 3.78. The molecule has 0 bridgehead atoms. The van der Waals surface area contributed by atoms with Crippen molar-refractivity contribution in [3.05, 3.63) is 12.7 Å². The van der Waals surface area contributed by atoms with Crippen LogP contribution in [0.4, 0.5) is 0 Å². The van der Waals surface area contributed by atoms with Gasteiger partial charge in [-0.1, -0.05) is 18.2 Å². The number of thiol groups is 1. The summed E-state index contributed by atoms with van der Waals surface area (Å²) in [5.74, 6) is -0.134. The van der Waals surface area contributed by atoms with Gasteiger partial charge in [0.15, 0.2) is 0 Å². The van der Waals surface area contributed by atoms with Gasteiger partial charge in [-0.3, -0.25) is 9.10 Å². The van der Waals surface area contributed by atoms with E-state index in [-0.39, 0.29) is 5.91 Å². The van der Waals surface area contributed by atoms with Gasteiger partial charge < -0.3 is 0 Å². The molecule has 0 saturated carbocycles. The molecule has 0 N–H and O–H groups in total. The van der Waals surface area contributed by atoms with Gasteiger partial charge in [-0.2, -0.15) is 0 Å². The van der Waals surface area contributed by atoms with E-state index < -0.39 is 0 Å². The Kier molecular flexibility index (Phi) is 3.81. The highest BCUT2D eigenvalue weighted by Crippen LogP contribution is 2.10. The SMILES string of the molecule is C=CC(=O)N(C)SS. The maximum Gasteiger partial charge on any atom is 0.256 e. The van der Waals surface area contributed by atoms with E-state index in [9.17, 15) is 4.79 Å². The number of carbonyl (C=O) groups is 1. The first-order valence-corrected chi connectivity index (χ1v) is 3.76. The van der Waals surface area contributed by atoms with Crippen molar-refractivity contribution in [2.45, 2.75) is 0 Å². The summed E-state index contributed by atoms with van der Waals surface area (Å²) in [7, 11) is 2.69. The molecule has 0 spiro atoms. The highest BCUT2D eigenvalue weighted by Gasteiger charge is 1.99. The Bertz CT molecular complexity index is 104. The van der Waals surface area contributed by atoms with Gasteiger partial charge in [0, 0.05) is 18.0 Å². The molecule has 0 aliphatic carbocycles. The molecule has 0 aliphatic rings. The lowest BCUT2D eigenvalue weighted by Crippen LogP contribution is -2.14. The summed E-state index contributed by atoms with van der Waals surface area (Å²) in [6, 6.07) is 0. The van der Waals surface area contributed by atoms with Gasteiger partial charge in [0.1, 0.15) is 0 Å². The molecule has 0 aliphatic heterocycles. The second-order valence-electron chi connectivity index (χ2n) is 1.12. The van der Waals surface area contributed by atoms with Gasteiger partial charge in [0.2, 0.25) is 0 Å². The fourth-order valence-corrected chi connectivity index (χ4v) is 0.565. The van der Waals surface area contributed by atoms with E-state index in [1.54, 1.807) is 7.05 Å². The lowest BCUT2D eigenvalue weighted by Gasteiger charge is -2.06. The molecule has 46 valence electrons. The van der Waals surface area contributed by atoms with Crippen LogP contribution in [0.1, 0.15) is 0 Å². The average Bonchev–Trinajstić information content (AvgIpc) is 1.84. The normalized spacial score (nSPS) is 8.25. The number of likely N-dealkylation sites (N-methyl/N-ethyl adjacent to an activating group) is 1. The topological polar surface area (TPSA) is 20.3 Å². The molecule has 1 amide bonds. The highest BCUT2D eigenvalue weighted by atomic mass is 33.1. The van der Waals surface area contributed by atoms with Crippen molar-refractivity contribution in [3.8, 4) is 0 Å². The van der Waals surface area contributed by atoms with Crippen LogP contribution in [0.25, 0.3) is 0 Å². The van der Waals surface area contributed by atoms with E-state index in [4.69, 9.17) is 0 Å². The fraction of sp³-hybridized carbons (Fsp3) is 0.250. The van der Waals surface area contributed by atoms with E-state index in [0.29, 0.717) is 0 Å². The first-order chi connectivity index (χ1) is 3.72. The molecule has 4 heteroatoms. The highest BCUT2D eigenvalue weighted by molar-refractivity contribution is 8.67. The molecule has 0 aromatic carbocycles. The molecule has 0 aromatic heterocycles. The molecule has 0 aromatic rings. The van der Waals surface area contributed by atoms with Crippen LogP contribution in [0, 0.1) is 0 Å². The lowest BCUT2D eigenvalue weighted by molar-refractivity contribution is -0.120. The van der Waals surface area contributed by atoms with Crippen LogP contribution < -0.4 is 0 Å². The van der Waals surface area contributed by atoms with E-state index in [0.717, 1.165) is 11.0 Å². The van der Waals surface area contributed by atoms with Crippen molar-refractivity contribution in [2.75, 3.05) is 7.05 Å². The molecule has 0 rings (SSSR count). The Morgan fingerprint density at radius 2 is 2.50 bits per heavy atom. The summed E-state index contributed by atoms with van der Waals surface area (Å²) in [4.78, 5) is 10.5. The molecular weight excluding hydrogens is 142 g/mol. The Labute approximate surface area is 57.9 Å². The molecule has 8 heavy (non-hydrogen) atoms. The zero-order valence-corrected chi connectivity index (χ0v) is 6.21. The molecular formula is C4H7NOS2. The molecule has 0 unspecified atom stereocenters. The monoisotopic (exact) mass is 149 g/mol. The summed E-state index contributed by atoms with van der Waals surface area (Å²) in [5, 5.41) is 0. The van der Waals surface area contributed by atoms with E-state index in [2.05, 4.69) is 18.2 Å². The predicted octanol–water partition coefficient (Wildman–Crippen LogP) is 1.12. The smallest absolute Gasteiger partial charge is 0.256 e. The number of nitrogens with zero attached hydrogens (tertiary/aromatic N) is 1. The van der Waals surface area contributed by atoms with E-state index >= 15 is 0 Å². The summed E-state index contributed by atoms with van der Waals surface area (Å²) in [6.07, 6.45) is 1.24. The van der Waals surface area contributed by atoms with Gasteiger partial charge in [-0.25, -0.2) is 0 Å². The Hall–Kier alpha value is -0.0900. The Morgan fingerprint density at radius 3 is 2.62 bits per heavy atom. The first kappa shape index (κ1) is 7.91. The largest absolute Gasteiger partial charge is 0.277 e. The van der Waals surface area contributed by atoms with Crippen molar-refractivity contribution >= 4 is 28.5 Å². The van der Waals surface area contributed by atoms with E-state index in [1.165, 1.54) is 10.4 Å². The average molecular weight is 149 g/mol. The minimum absolute atomic E-state index is 0.134. The molecule has 0 fully saturated rings. The van der Waals surface area contributed by atoms with Crippen LogP contribution in [0.2, 0.25) is 0 Å². The third kappa shape index (κ3) is 2.28. The third-order valence-corrected chi connectivity index (χ3v) is 1.77. The molecule has 0 atom stereocenters. The summed E-state index contributed by atoms with van der Waals surface area (Å²) in [5.41, 5.74) is 0. The molecule has 0 saturated heterocycles. The minimum atomic E-state index is -0.134. The fourth-order valence-electron chi connectivity index (χ4n) is 0.169. The van der Waals surface area contributed by atoms with Crippen molar-refractivity contribution < 1.29 is 4.79 Å². The summed E-state index contributed by atoms with van der Waals surface area (Å²) < 4.78 is 1.37. The Balaban J connectivity index is 3.62. The molecule has 0 heterocycles. The van der Waals surface area contributed by atoms with Gasteiger partial charge in [-0.05, 0) is 6.08 Å². The number of hydrogen-bond acceptors (Lipinski definition) is 3. The van der Waals surface area contributed by atoms with Crippen LogP contribution in [0.5, 0.6) is 0 Å². The standard InChI is InChI=1S/C4H7NOS2/c1-3-4(6)5(2)8-7/h3,7H,1H2,2H3. The second kappa shape index (κ2) is 3.86. The van der Waals surface area contributed by atoms with Crippen LogP contribution in [0.3, 0.4) is 0 Å². The maximum atomic E-state index is 10.5. The van der Waals surface area contributed by atoms with Crippen LogP contribution in [-0.4, -0.2) is 17.3 Å². The Morgan fingerprint density at radius 1 is 2.00 bits per heavy atom. The first-order valence-electron chi connectivity index (χ1n) is 1.94. The second-order valence-corrected chi connectivity index (χ2v) is 2.32. The van der Waals surface area contributed by atoms with Gasteiger partial charge >= 0.3 is 0 Å². The molecule has 2 nitrogen and oxygen atoms in total. The number of carbonyl (C=O) groups excluding carboxylic acids is 1. The quantitative estimate of drug-likeness (QED) is 0.275. The number of rotatable bonds is 2. The lowest BCUT2D eigenvalue weighted by atomic mass is 10.6. The molecule has 0 radical (unpaired) electrons. The number of amides is 1. The zero-order valence-electron chi connectivity index (χ0n) is 4.50. The summed E-state index contributed by atoms with van der Waals surface area (Å²) in [6.45, 7) is 3.29. The third-order valence-electron chi connectivity index (χ3n) is 0.607. The van der Waals surface area contributed by atoms with Crippen LogP contribution in [-0.2, 0) is 4.79 Å². The van der Waals surface area contributed by atoms with Crippen LogP contribution >= 0.6 is 22.6 Å². The van der Waals surface area contributed by atoms with Crippen molar-refractivity contribution in [1.82, 2.24) is 4.31 Å². The van der Waals surface area contributed by atoms with E-state index in [1.807, 2.05) is 0 Å². The van der Waals surface area contributed by atoms with Gasteiger partial charge in [0.25, 0.3) is 5.91 Å². The van der Waals surface area contributed by atoms with Crippen molar-refractivity contribution in [2.24, 2.45) is 0 Å². The van der Waals surface area contributed by atoms with Gasteiger partial charge in [0.05, 0.1) is 0 Å². The maximum absolute atomic E-state index is 10.5. The van der Waals surface area contributed by atoms with Crippen LogP contribution in [0.15, 0.2) is 12.7 Å². The van der Waals surface area contributed by atoms with Crippen molar-refractivity contribution in [1.29, 1.82) is 0 Å². The zero-order chi connectivity index (χ0) is 6.57. The number of hydrogen-bond donors (Lipinski definition) is 1. The predicted molar refractivity (Wildman–Crippen MR) is 39.5 cm³/mol. The minimum Gasteiger partial charge on any atom is -0.277 e. The van der Waals surface area contributed by atoms with Crippen molar-refractivity contribution in [3.63, 3.8) is 0 Å². The van der Waals surface area contributed by atoms with Gasteiger partial charge in [-0.15, -0.1) is 0 Å².